The summed E-state index contributed by atoms with van der Waals surface area (Å²) in [7, 11) is 0. The van der Waals surface area contributed by atoms with Gasteiger partial charge < -0.3 is 19.1 Å². The second-order valence-corrected chi connectivity index (χ2v) is 8.02. The summed E-state index contributed by atoms with van der Waals surface area (Å²) in [5.74, 6) is 2.38. The van der Waals surface area contributed by atoms with Crippen LogP contribution in [0.2, 0.25) is 0 Å². The highest BCUT2D eigenvalue weighted by atomic mass is 16.5. The van der Waals surface area contributed by atoms with Crippen LogP contribution in [-0.4, -0.2) is 64.0 Å². The molecule has 2 aromatic rings. The van der Waals surface area contributed by atoms with E-state index in [1.165, 1.54) is 6.42 Å². The van der Waals surface area contributed by atoms with Crippen LogP contribution in [0, 0.1) is 0 Å². The first kappa shape index (κ1) is 20.4. The number of amides is 2. The van der Waals surface area contributed by atoms with Crippen LogP contribution in [0.25, 0.3) is 0 Å². The Morgan fingerprint density at radius 1 is 1.23 bits per heavy atom. The molecule has 0 bridgehead atoms. The molecule has 4 rings (SSSR count). The van der Waals surface area contributed by atoms with Crippen LogP contribution in [0.4, 0.5) is 0 Å². The van der Waals surface area contributed by atoms with E-state index in [0.717, 1.165) is 25.2 Å². The number of benzene rings is 1. The molecule has 1 aliphatic carbocycles. The highest BCUT2D eigenvalue weighted by Crippen LogP contribution is 2.35. The first-order valence-electron chi connectivity index (χ1n) is 10.7. The van der Waals surface area contributed by atoms with E-state index in [2.05, 4.69) is 10.1 Å². The maximum absolute atomic E-state index is 12.5. The SMILES string of the molecule is CC(=O)N(CCc1noc(C2CCC2)n1)C1CCN(C(=O)COc2ccccc2)C1. The fraction of sp³-hybridized carbons (Fsp3) is 0.545. The number of rotatable bonds is 8. The van der Waals surface area contributed by atoms with Gasteiger partial charge in [-0.15, -0.1) is 0 Å². The van der Waals surface area contributed by atoms with Crippen LogP contribution in [0.5, 0.6) is 5.75 Å². The van der Waals surface area contributed by atoms with Crippen molar-refractivity contribution in [2.75, 3.05) is 26.2 Å². The number of hydrogen-bond acceptors (Lipinski definition) is 6. The Labute approximate surface area is 176 Å². The van der Waals surface area contributed by atoms with Gasteiger partial charge >= 0.3 is 0 Å². The van der Waals surface area contributed by atoms with Gasteiger partial charge in [-0.25, -0.2) is 0 Å². The zero-order valence-corrected chi connectivity index (χ0v) is 17.3. The second-order valence-electron chi connectivity index (χ2n) is 8.02. The number of carbonyl (C=O) groups excluding carboxylic acids is 2. The normalized spacial score (nSPS) is 18.8. The lowest BCUT2D eigenvalue weighted by atomic mass is 9.85. The van der Waals surface area contributed by atoms with Gasteiger partial charge in [-0.1, -0.05) is 29.8 Å². The van der Waals surface area contributed by atoms with Crippen molar-refractivity contribution in [3.8, 4) is 5.75 Å². The molecule has 30 heavy (non-hydrogen) atoms. The van der Waals surface area contributed by atoms with Crippen molar-refractivity contribution in [3.63, 3.8) is 0 Å². The van der Waals surface area contributed by atoms with Crippen LogP contribution in [0.3, 0.4) is 0 Å². The van der Waals surface area contributed by atoms with E-state index in [-0.39, 0.29) is 24.5 Å². The summed E-state index contributed by atoms with van der Waals surface area (Å²) in [6, 6.07) is 9.29. The summed E-state index contributed by atoms with van der Waals surface area (Å²) in [5.41, 5.74) is 0. The van der Waals surface area contributed by atoms with Crippen LogP contribution in [0.15, 0.2) is 34.9 Å². The Morgan fingerprint density at radius 3 is 2.73 bits per heavy atom. The van der Waals surface area contributed by atoms with Crippen molar-refractivity contribution in [1.82, 2.24) is 19.9 Å². The maximum atomic E-state index is 12.5. The van der Waals surface area contributed by atoms with Gasteiger partial charge in [-0.05, 0) is 31.4 Å². The van der Waals surface area contributed by atoms with Gasteiger partial charge in [0.2, 0.25) is 11.8 Å². The summed E-state index contributed by atoms with van der Waals surface area (Å²) in [4.78, 5) is 32.8. The monoisotopic (exact) mass is 412 g/mol. The summed E-state index contributed by atoms with van der Waals surface area (Å²) in [5, 5.41) is 4.07. The molecule has 1 aromatic carbocycles. The number of carbonyl (C=O) groups is 2. The molecule has 8 nitrogen and oxygen atoms in total. The van der Waals surface area contributed by atoms with Gasteiger partial charge in [0.1, 0.15) is 5.75 Å². The van der Waals surface area contributed by atoms with Crippen LogP contribution < -0.4 is 4.74 Å². The lowest BCUT2D eigenvalue weighted by Crippen LogP contribution is -2.43. The van der Waals surface area contributed by atoms with Crippen LogP contribution in [-0.2, 0) is 16.0 Å². The molecular weight excluding hydrogens is 384 g/mol. The molecule has 1 aliphatic heterocycles. The molecule has 1 saturated heterocycles. The molecule has 1 unspecified atom stereocenters. The first-order chi connectivity index (χ1) is 14.6. The Balaban J connectivity index is 1.27. The number of nitrogens with zero attached hydrogens (tertiary/aromatic N) is 4. The minimum absolute atomic E-state index is 0.00109. The quantitative estimate of drug-likeness (QED) is 0.662. The molecule has 2 amide bonds. The fourth-order valence-electron chi connectivity index (χ4n) is 3.98. The molecule has 2 fully saturated rings. The average molecular weight is 412 g/mol. The molecule has 0 N–H and O–H groups in total. The Hall–Kier alpha value is -2.90. The minimum atomic E-state index is -0.0619. The number of ether oxygens (including phenoxy) is 1. The first-order valence-corrected chi connectivity index (χ1v) is 10.7. The van der Waals surface area contributed by atoms with Crippen molar-refractivity contribution in [2.24, 2.45) is 0 Å². The van der Waals surface area contributed by atoms with Gasteiger partial charge in [0.25, 0.3) is 5.91 Å². The van der Waals surface area contributed by atoms with Gasteiger partial charge in [-0.3, -0.25) is 9.59 Å². The average Bonchev–Trinajstić information content (AvgIpc) is 3.36. The largest absolute Gasteiger partial charge is 0.484 e. The summed E-state index contributed by atoms with van der Waals surface area (Å²) in [6.45, 7) is 3.24. The zero-order chi connectivity index (χ0) is 20.9. The van der Waals surface area contributed by atoms with E-state index in [4.69, 9.17) is 9.26 Å². The van der Waals surface area contributed by atoms with Crippen molar-refractivity contribution >= 4 is 11.8 Å². The minimum Gasteiger partial charge on any atom is -0.484 e. The third-order valence-corrected chi connectivity index (χ3v) is 5.98. The van der Waals surface area contributed by atoms with Gasteiger partial charge in [0, 0.05) is 38.9 Å². The van der Waals surface area contributed by atoms with Crippen molar-refractivity contribution < 1.29 is 18.8 Å². The van der Waals surface area contributed by atoms with Crippen molar-refractivity contribution in [3.05, 3.63) is 42.0 Å². The lowest BCUT2D eigenvalue weighted by Gasteiger charge is -2.27. The molecule has 1 aromatic heterocycles. The van der Waals surface area contributed by atoms with Gasteiger partial charge in [0.15, 0.2) is 12.4 Å². The van der Waals surface area contributed by atoms with Crippen molar-refractivity contribution in [2.45, 2.75) is 51.0 Å². The Kier molecular flexibility index (Phi) is 6.30. The van der Waals surface area contributed by atoms with Gasteiger partial charge in [-0.2, -0.15) is 4.98 Å². The third-order valence-electron chi connectivity index (χ3n) is 5.98. The predicted octanol–water partition coefficient (Wildman–Crippen LogP) is 2.41. The van der Waals surface area contributed by atoms with E-state index in [0.29, 0.717) is 43.5 Å². The number of aromatic nitrogens is 2. The summed E-state index contributed by atoms with van der Waals surface area (Å²) < 4.78 is 10.9. The smallest absolute Gasteiger partial charge is 0.260 e. The third kappa shape index (κ3) is 4.80. The molecule has 1 saturated carbocycles. The maximum Gasteiger partial charge on any atom is 0.260 e. The molecule has 0 spiro atoms. The number of hydrogen-bond donors (Lipinski definition) is 0. The number of para-hydroxylation sites is 1. The van der Waals surface area contributed by atoms with E-state index < -0.39 is 0 Å². The molecule has 2 heterocycles. The topological polar surface area (TPSA) is 88.8 Å². The van der Waals surface area contributed by atoms with Crippen LogP contribution in [0.1, 0.15) is 50.2 Å². The summed E-state index contributed by atoms with van der Waals surface area (Å²) >= 11 is 0. The Morgan fingerprint density at radius 2 is 2.03 bits per heavy atom. The standard InChI is InChI=1S/C22H28N4O4/c1-16(27)26(13-11-20-23-22(30-24-20)17-6-5-7-17)18-10-12-25(14-18)21(28)15-29-19-8-3-2-4-9-19/h2-4,8-9,17-18H,5-7,10-15H2,1H3. The molecule has 160 valence electrons. The molecular formula is C22H28N4O4. The second kappa shape index (κ2) is 9.28. The van der Waals surface area contributed by atoms with E-state index in [1.807, 2.05) is 35.2 Å². The van der Waals surface area contributed by atoms with E-state index in [1.54, 1.807) is 11.8 Å². The van der Waals surface area contributed by atoms with E-state index in [9.17, 15) is 9.59 Å². The highest BCUT2D eigenvalue weighted by Gasteiger charge is 2.32. The molecule has 2 aliphatic rings. The molecule has 0 radical (unpaired) electrons. The zero-order valence-electron chi connectivity index (χ0n) is 17.3. The molecule has 8 heteroatoms. The lowest BCUT2D eigenvalue weighted by molar-refractivity contribution is -0.134. The summed E-state index contributed by atoms with van der Waals surface area (Å²) in [6.07, 6.45) is 4.75. The fourth-order valence-corrected chi connectivity index (χ4v) is 3.98. The number of likely N-dealkylation sites (tertiary alicyclic amines) is 1. The highest BCUT2D eigenvalue weighted by molar-refractivity contribution is 5.78. The Bertz CT molecular complexity index is 865. The van der Waals surface area contributed by atoms with Crippen LogP contribution >= 0.6 is 0 Å². The predicted molar refractivity (Wildman–Crippen MR) is 109 cm³/mol. The van der Waals surface area contributed by atoms with E-state index >= 15 is 0 Å². The van der Waals surface area contributed by atoms with Gasteiger partial charge in [0.05, 0.1) is 6.04 Å². The molecule has 1 atom stereocenters. The van der Waals surface area contributed by atoms with Crippen molar-refractivity contribution in [1.29, 1.82) is 0 Å².